The summed E-state index contributed by atoms with van der Waals surface area (Å²) in [7, 11) is 0. The van der Waals surface area contributed by atoms with Crippen molar-refractivity contribution in [2.24, 2.45) is 0 Å². The van der Waals surface area contributed by atoms with Crippen LogP contribution < -0.4 is 4.90 Å². The van der Waals surface area contributed by atoms with Gasteiger partial charge in [-0.1, -0.05) is 17.7 Å². The lowest BCUT2D eigenvalue weighted by atomic mass is 10.2. The van der Waals surface area contributed by atoms with Crippen LogP contribution in [0.4, 0.5) is 5.69 Å². The summed E-state index contributed by atoms with van der Waals surface area (Å²) in [5.74, 6) is 0.204. The summed E-state index contributed by atoms with van der Waals surface area (Å²) in [5.41, 5.74) is 2.54. The summed E-state index contributed by atoms with van der Waals surface area (Å²) in [5, 5.41) is 0.758. The lowest BCUT2D eigenvalue weighted by molar-refractivity contribution is 0.0751. The van der Waals surface area contributed by atoms with E-state index in [4.69, 9.17) is 11.6 Å². The number of amides is 1. The van der Waals surface area contributed by atoms with E-state index < -0.39 is 0 Å². The summed E-state index contributed by atoms with van der Waals surface area (Å²) >= 11 is 7.77. The van der Waals surface area contributed by atoms with Gasteiger partial charge in [0.1, 0.15) is 0 Å². The summed E-state index contributed by atoms with van der Waals surface area (Å²) in [6, 6.07) is 10.1. The molecule has 2 aromatic rings. The molecule has 0 atom stereocenters. The number of benzene rings is 1. The summed E-state index contributed by atoms with van der Waals surface area (Å²) in [4.78, 5) is 19.3. The molecule has 5 heteroatoms. The molecule has 0 saturated carbocycles. The van der Waals surface area contributed by atoms with Gasteiger partial charge in [0.15, 0.2) is 0 Å². The van der Waals surface area contributed by atoms with Crippen LogP contribution in [-0.2, 0) is 12.8 Å². The maximum absolute atomic E-state index is 12.7. The quantitative estimate of drug-likeness (QED) is 0.824. The highest BCUT2D eigenvalue weighted by Crippen LogP contribution is 2.31. The molecular weight excluding hydrogens is 328 g/mol. The average molecular weight is 347 g/mol. The Balaban J connectivity index is 1.41. The Morgan fingerprint density at radius 3 is 2.65 bits per heavy atom. The Morgan fingerprint density at radius 2 is 1.91 bits per heavy atom. The van der Waals surface area contributed by atoms with E-state index in [1.165, 1.54) is 16.9 Å². The van der Waals surface area contributed by atoms with Crippen LogP contribution in [0.3, 0.4) is 0 Å². The Labute approximate surface area is 145 Å². The second kappa shape index (κ2) is 6.17. The maximum atomic E-state index is 12.7. The number of fused-ring (bicyclic) bond motifs is 1. The number of aryl methyl sites for hydroxylation is 2. The molecule has 1 saturated heterocycles. The third-order valence-electron chi connectivity index (χ3n) is 4.70. The molecule has 1 aromatic heterocycles. The van der Waals surface area contributed by atoms with Crippen LogP contribution >= 0.6 is 22.9 Å². The van der Waals surface area contributed by atoms with Crippen LogP contribution in [0.25, 0.3) is 0 Å². The van der Waals surface area contributed by atoms with Gasteiger partial charge >= 0.3 is 0 Å². The zero-order chi connectivity index (χ0) is 15.8. The molecule has 0 bridgehead atoms. The van der Waals surface area contributed by atoms with Gasteiger partial charge in [0, 0.05) is 41.8 Å². The molecule has 1 amide bonds. The van der Waals surface area contributed by atoms with Gasteiger partial charge in [0.2, 0.25) is 0 Å². The predicted octanol–water partition coefficient (Wildman–Crippen LogP) is 3.85. The number of carbonyl (C=O) groups excluding carboxylic acids is 1. The molecule has 0 spiro atoms. The number of nitrogens with zero attached hydrogens (tertiary/aromatic N) is 2. The van der Waals surface area contributed by atoms with E-state index in [2.05, 4.69) is 17.0 Å². The third-order valence-corrected chi connectivity index (χ3v) is 6.16. The lowest BCUT2D eigenvalue weighted by Gasteiger charge is -2.36. The van der Waals surface area contributed by atoms with Crippen LogP contribution in [-0.4, -0.2) is 37.0 Å². The topological polar surface area (TPSA) is 23.6 Å². The molecule has 3 nitrogen and oxygen atoms in total. The summed E-state index contributed by atoms with van der Waals surface area (Å²) in [6.45, 7) is 3.26. The predicted molar refractivity (Wildman–Crippen MR) is 95.9 cm³/mol. The van der Waals surface area contributed by atoms with Gasteiger partial charge in [-0.05, 0) is 49.1 Å². The van der Waals surface area contributed by atoms with Crippen molar-refractivity contribution in [2.75, 3.05) is 31.1 Å². The average Bonchev–Trinajstić information content (AvgIpc) is 3.16. The largest absolute Gasteiger partial charge is 0.368 e. The lowest BCUT2D eigenvalue weighted by Crippen LogP contribution is -2.48. The Kier molecular flexibility index (Phi) is 4.04. The minimum Gasteiger partial charge on any atom is -0.368 e. The zero-order valence-electron chi connectivity index (χ0n) is 12.9. The van der Waals surface area contributed by atoms with Gasteiger partial charge in [-0.3, -0.25) is 4.79 Å². The van der Waals surface area contributed by atoms with Crippen LogP contribution in [0.15, 0.2) is 30.3 Å². The highest BCUT2D eigenvalue weighted by atomic mass is 35.5. The van der Waals surface area contributed by atoms with Crippen LogP contribution in [0.1, 0.15) is 26.5 Å². The number of carbonyl (C=O) groups is 1. The molecule has 2 heterocycles. The molecule has 2 aliphatic rings. The van der Waals surface area contributed by atoms with Crippen LogP contribution in [0, 0.1) is 0 Å². The number of hydrogen-bond acceptors (Lipinski definition) is 3. The smallest absolute Gasteiger partial charge is 0.264 e. The van der Waals surface area contributed by atoms with Crippen LogP contribution in [0.5, 0.6) is 0 Å². The molecular formula is C18H19ClN2OS. The van der Waals surface area contributed by atoms with Crippen molar-refractivity contribution in [2.45, 2.75) is 19.3 Å². The van der Waals surface area contributed by atoms with Gasteiger partial charge in [-0.2, -0.15) is 0 Å². The fraction of sp³-hybridized carbons (Fsp3) is 0.389. The second-order valence-corrected chi connectivity index (χ2v) is 7.74. The minimum absolute atomic E-state index is 0.204. The fourth-order valence-electron chi connectivity index (χ4n) is 3.43. The first-order chi connectivity index (χ1) is 11.2. The minimum atomic E-state index is 0.204. The van der Waals surface area contributed by atoms with Gasteiger partial charge in [-0.15, -0.1) is 11.3 Å². The first kappa shape index (κ1) is 15.0. The Hall–Kier alpha value is -1.52. The summed E-state index contributed by atoms with van der Waals surface area (Å²) < 4.78 is 0. The normalized spacial score (nSPS) is 17.4. The fourth-order valence-corrected chi connectivity index (χ4v) is 4.84. The Bertz CT molecular complexity index is 713. The molecule has 1 fully saturated rings. The van der Waals surface area contributed by atoms with Crippen molar-refractivity contribution in [1.29, 1.82) is 0 Å². The molecule has 4 rings (SSSR count). The number of thiophene rings is 1. The standard InChI is InChI=1S/C18H19ClN2OS/c19-14-4-2-5-15(12-14)20-7-9-21(10-8-20)18(22)17-11-13-3-1-6-16(13)23-17/h2,4-5,11-12H,1,3,6-10H2. The number of piperazine rings is 1. The van der Waals surface area contributed by atoms with E-state index in [1.54, 1.807) is 11.3 Å². The summed E-state index contributed by atoms with van der Waals surface area (Å²) in [6.07, 6.45) is 3.53. The van der Waals surface area contributed by atoms with E-state index >= 15 is 0 Å². The van der Waals surface area contributed by atoms with Crippen LogP contribution in [0.2, 0.25) is 5.02 Å². The van der Waals surface area contributed by atoms with Crippen molar-refractivity contribution in [3.8, 4) is 0 Å². The van der Waals surface area contributed by atoms with Crippen molar-refractivity contribution in [3.05, 3.63) is 50.7 Å². The van der Waals surface area contributed by atoms with Crippen molar-refractivity contribution < 1.29 is 4.79 Å². The van der Waals surface area contributed by atoms with E-state index in [0.29, 0.717) is 0 Å². The first-order valence-electron chi connectivity index (χ1n) is 8.12. The van der Waals surface area contributed by atoms with Crippen molar-refractivity contribution in [3.63, 3.8) is 0 Å². The SMILES string of the molecule is O=C(c1cc2c(s1)CCC2)N1CCN(c2cccc(Cl)c2)CC1. The molecule has 120 valence electrons. The molecule has 1 aliphatic heterocycles. The number of halogens is 1. The number of anilines is 1. The van der Waals surface area contributed by atoms with E-state index in [9.17, 15) is 4.79 Å². The number of rotatable bonds is 2. The highest BCUT2D eigenvalue weighted by molar-refractivity contribution is 7.14. The van der Waals surface area contributed by atoms with Crippen molar-refractivity contribution >= 4 is 34.5 Å². The second-order valence-electron chi connectivity index (χ2n) is 6.17. The Morgan fingerprint density at radius 1 is 1.09 bits per heavy atom. The zero-order valence-corrected chi connectivity index (χ0v) is 14.5. The van der Waals surface area contributed by atoms with E-state index in [0.717, 1.165) is 54.6 Å². The third kappa shape index (κ3) is 2.98. The molecule has 1 aromatic carbocycles. The van der Waals surface area contributed by atoms with E-state index in [-0.39, 0.29) is 5.91 Å². The first-order valence-corrected chi connectivity index (χ1v) is 9.31. The van der Waals surface area contributed by atoms with Gasteiger partial charge < -0.3 is 9.80 Å². The van der Waals surface area contributed by atoms with Gasteiger partial charge in [0.05, 0.1) is 4.88 Å². The molecule has 0 unspecified atom stereocenters. The highest BCUT2D eigenvalue weighted by Gasteiger charge is 2.25. The molecule has 1 aliphatic carbocycles. The number of hydrogen-bond donors (Lipinski definition) is 0. The monoisotopic (exact) mass is 346 g/mol. The van der Waals surface area contributed by atoms with E-state index in [1.807, 2.05) is 23.1 Å². The molecule has 0 N–H and O–H groups in total. The van der Waals surface area contributed by atoms with Crippen molar-refractivity contribution in [1.82, 2.24) is 4.90 Å². The van der Waals surface area contributed by atoms with Gasteiger partial charge in [-0.25, -0.2) is 0 Å². The van der Waals surface area contributed by atoms with Gasteiger partial charge in [0.25, 0.3) is 5.91 Å². The molecule has 0 radical (unpaired) electrons. The molecule has 23 heavy (non-hydrogen) atoms. The maximum Gasteiger partial charge on any atom is 0.264 e.